The highest BCUT2D eigenvalue weighted by Crippen LogP contribution is 2.30. The van der Waals surface area contributed by atoms with Gasteiger partial charge in [0.05, 0.1) is 12.5 Å². The van der Waals surface area contributed by atoms with E-state index >= 15 is 0 Å². The van der Waals surface area contributed by atoms with Gasteiger partial charge in [-0.05, 0) is 12.3 Å². The van der Waals surface area contributed by atoms with Gasteiger partial charge in [-0.25, -0.2) is 5.06 Å². The van der Waals surface area contributed by atoms with Gasteiger partial charge < -0.3 is 0 Å². The van der Waals surface area contributed by atoms with Crippen molar-refractivity contribution in [3.63, 3.8) is 0 Å². The third-order valence-corrected chi connectivity index (χ3v) is 2.22. The van der Waals surface area contributed by atoms with Crippen LogP contribution in [0.5, 0.6) is 0 Å². The Morgan fingerprint density at radius 1 is 1.57 bits per heavy atom. The van der Waals surface area contributed by atoms with Gasteiger partial charge >= 0.3 is 0 Å². The summed E-state index contributed by atoms with van der Waals surface area (Å²) in [7, 11) is 0. The molecule has 0 saturated carbocycles. The smallest absolute Gasteiger partial charge is 0.249 e. The molecule has 1 unspecified atom stereocenters. The minimum Gasteiger partial charge on any atom is -0.298 e. The van der Waals surface area contributed by atoms with E-state index in [9.17, 15) is 9.59 Å². The molecule has 0 aromatic rings. The maximum absolute atomic E-state index is 11.4. The van der Waals surface area contributed by atoms with Crippen LogP contribution >= 0.6 is 0 Å². The van der Waals surface area contributed by atoms with Crippen molar-refractivity contribution in [2.75, 3.05) is 6.54 Å². The van der Waals surface area contributed by atoms with Gasteiger partial charge in [-0.2, -0.15) is 0 Å². The second kappa shape index (κ2) is 3.69. The molecule has 0 N–H and O–H groups in total. The Morgan fingerprint density at radius 3 is 2.50 bits per heavy atom. The number of hydrogen-bond acceptors (Lipinski definition) is 3. The molecule has 1 amide bonds. The molecule has 0 aliphatic carbocycles. The first-order chi connectivity index (χ1) is 6.30. The van der Waals surface area contributed by atoms with Crippen molar-refractivity contribution in [1.29, 1.82) is 0 Å². The Balaban J connectivity index is 2.60. The summed E-state index contributed by atoms with van der Waals surface area (Å²) >= 11 is 0. The van der Waals surface area contributed by atoms with Crippen LogP contribution in [0.2, 0.25) is 0 Å². The van der Waals surface area contributed by atoms with Gasteiger partial charge in [0, 0.05) is 0 Å². The summed E-state index contributed by atoms with van der Waals surface area (Å²) in [6, 6.07) is 0. The molecule has 1 atom stereocenters. The van der Waals surface area contributed by atoms with Crippen LogP contribution in [0.15, 0.2) is 0 Å². The van der Waals surface area contributed by atoms with Crippen LogP contribution in [-0.2, 0) is 14.4 Å². The zero-order chi connectivity index (χ0) is 10.9. The van der Waals surface area contributed by atoms with Gasteiger partial charge in [-0.3, -0.25) is 14.4 Å². The first kappa shape index (κ1) is 11.2. The highest BCUT2D eigenvalue weighted by Gasteiger charge is 2.38. The fourth-order valence-corrected chi connectivity index (χ4v) is 1.30. The summed E-state index contributed by atoms with van der Waals surface area (Å²) in [5.41, 5.74) is -0.0683. The SMILES string of the molecule is CC(=O)CN1OC(C(C)(C)C)CC1=O. The number of hydroxylamine groups is 2. The van der Waals surface area contributed by atoms with E-state index in [2.05, 4.69) is 0 Å². The molecular formula is C10H17NO3. The number of hydrogen-bond donors (Lipinski definition) is 0. The van der Waals surface area contributed by atoms with Crippen molar-refractivity contribution < 1.29 is 14.4 Å². The number of amides is 1. The lowest BCUT2D eigenvalue weighted by Gasteiger charge is -2.25. The Morgan fingerprint density at radius 2 is 2.14 bits per heavy atom. The number of carbonyl (C=O) groups excluding carboxylic acids is 2. The van der Waals surface area contributed by atoms with Gasteiger partial charge in [-0.15, -0.1) is 0 Å². The van der Waals surface area contributed by atoms with E-state index < -0.39 is 0 Å². The van der Waals surface area contributed by atoms with E-state index in [1.807, 2.05) is 20.8 Å². The van der Waals surface area contributed by atoms with E-state index in [0.717, 1.165) is 0 Å². The quantitative estimate of drug-likeness (QED) is 0.670. The fraction of sp³-hybridized carbons (Fsp3) is 0.800. The highest BCUT2D eigenvalue weighted by atomic mass is 16.7. The average Bonchev–Trinajstić information content (AvgIpc) is 2.30. The van der Waals surface area contributed by atoms with E-state index in [1.54, 1.807) is 0 Å². The zero-order valence-electron chi connectivity index (χ0n) is 9.16. The fourth-order valence-electron chi connectivity index (χ4n) is 1.30. The minimum atomic E-state index is -0.116. The van der Waals surface area contributed by atoms with Crippen LogP contribution in [-0.4, -0.2) is 29.4 Å². The summed E-state index contributed by atoms with van der Waals surface area (Å²) in [6.45, 7) is 7.55. The molecule has 0 aromatic carbocycles. The number of carbonyl (C=O) groups is 2. The highest BCUT2D eigenvalue weighted by molar-refractivity contribution is 5.84. The van der Waals surface area contributed by atoms with E-state index in [-0.39, 0.29) is 29.8 Å². The molecule has 0 aromatic heterocycles. The Hall–Kier alpha value is -0.900. The Bertz CT molecular complexity index is 255. The molecule has 80 valence electrons. The van der Waals surface area contributed by atoms with E-state index in [1.165, 1.54) is 12.0 Å². The molecule has 1 rings (SSSR count). The van der Waals surface area contributed by atoms with Gasteiger partial charge in [-0.1, -0.05) is 20.8 Å². The van der Waals surface area contributed by atoms with Crippen LogP contribution in [0.25, 0.3) is 0 Å². The minimum absolute atomic E-state index is 0.0609. The van der Waals surface area contributed by atoms with Crippen molar-refractivity contribution in [2.24, 2.45) is 5.41 Å². The van der Waals surface area contributed by atoms with E-state index in [0.29, 0.717) is 6.42 Å². The summed E-state index contributed by atoms with van der Waals surface area (Å²) in [6.07, 6.45) is 0.255. The molecule has 1 fully saturated rings. The van der Waals surface area contributed by atoms with Crippen molar-refractivity contribution in [3.05, 3.63) is 0 Å². The van der Waals surface area contributed by atoms with Crippen molar-refractivity contribution in [1.82, 2.24) is 5.06 Å². The second-order valence-corrected chi connectivity index (χ2v) is 4.80. The number of ketones is 1. The first-order valence-electron chi connectivity index (χ1n) is 4.77. The van der Waals surface area contributed by atoms with Gasteiger partial charge in [0.1, 0.15) is 6.54 Å². The molecule has 0 spiro atoms. The molecule has 4 heteroatoms. The van der Waals surface area contributed by atoms with Crippen molar-refractivity contribution in [2.45, 2.75) is 40.2 Å². The maximum atomic E-state index is 11.4. The summed E-state index contributed by atoms with van der Waals surface area (Å²) in [5.74, 6) is -0.159. The third-order valence-electron chi connectivity index (χ3n) is 2.22. The largest absolute Gasteiger partial charge is 0.298 e. The lowest BCUT2D eigenvalue weighted by Crippen LogP contribution is -2.31. The first-order valence-corrected chi connectivity index (χ1v) is 4.77. The Labute approximate surface area is 84.2 Å². The monoisotopic (exact) mass is 199 g/mol. The lowest BCUT2D eigenvalue weighted by atomic mass is 9.87. The number of nitrogens with zero attached hydrogens (tertiary/aromatic N) is 1. The molecule has 1 aliphatic rings. The third kappa shape index (κ3) is 2.54. The standard InChI is InChI=1S/C10H17NO3/c1-7(12)6-11-9(13)5-8(14-11)10(2,3)4/h8H,5-6H2,1-4H3. The predicted molar refractivity (Wildman–Crippen MR) is 51.3 cm³/mol. The summed E-state index contributed by atoms with van der Waals surface area (Å²) in [4.78, 5) is 27.7. The van der Waals surface area contributed by atoms with Gasteiger partial charge in [0.2, 0.25) is 5.91 Å². The normalized spacial score (nSPS) is 23.0. The number of rotatable bonds is 2. The van der Waals surface area contributed by atoms with Gasteiger partial charge in [0.25, 0.3) is 0 Å². The van der Waals surface area contributed by atoms with E-state index in [4.69, 9.17) is 4.84 Å². The van der Waals surface area contributed by atoms with Crippen LogP contribution in [0.3, 0.4) is 0 Å². The topological polar surface area (TPSA) is 46.6 Å². The second-order valence-electron chi connectivity index (χ2n) is 4.80. The van der Waals surface area contributed by atoms with Crippen LogP contribution in [0.1, 0.15) is 34.1 Å². The molecule has 0 bridgehead atoms. The molecular weight excluding hydrogens is 182 g/mol. The van der Waals surface area contributed by atoms with Crippen LogP contribution in [0, 0.1) is 5.41 Å². The molecule has 1 aliphatic heterocycles. The predicted octanol–water partition coefficient (Wildman–Crippen LogP) is 1.15. The average molecular weight is 199 g/mol. The molecule has 14 heavy (non-hydrogen) atoms. The zero-order valence-corrected chi connectivity index (χ0v) is 9.16. The van der Waals surface area contributed by atoms with Gasteiger partial charge in [0.15, 0.2) is 5.78 Å². The van der Waals surface area contributed by atoms with Crippen molar-refractivity contribution >= 4 is 11.7 Å². The van der Waals surface area contributed by atoms with Crippen molar-refractivity contribution in [3.8, 4) is 0 Å². The van der Waals surface area contributed by atoms with Crippen LogP contribution < -0.4 is 0 Å². The lowest BCUT2D eigenvalue weighted by molar-refractivity contribution is -0.186. The molecule has 0 radical (unpaired) electrons. The maximum Gasteiger partial charge on any atom is 0.249 e. The summed E-state index contributed by atoms with van der Waals surface area (Å²) in [5, 5.41) is 1.18. The molecule has 4 nitrogen and oxygen atoms in total. The van der Waals surface area contributed by atoms with Crippen LogP contribution in [0.4, 0.5) is 0 Å². The number of Topliss-reactive ketones (excluding diaryl/α,β-unsaturated/α-hetero) is 1. The molecule has 1 heterocycles. The Kier molecular flexibility index (Phi) is 2.95. The summed E-state index contributed by atoms with van der Waals surface area (Å²) < 4.78 is 0. The molecule has 1 saturated heterocycles.